The van der Waals surface area contributed by atoms with Crippen molar-refractivity contribution < 1.29 is 9.90 Å². The predicted molar refractivity (Wildman–Crippen MR) is 86.3 cm³/mol. The molecule has 0 fully saturated rings. The van der Waals surface area contributed by atoms with Gasteiger partial charge in [0, 0.05) is 29.9 Å². The number of benzene rings is 1. The number of fused-ring (bicyclic) bond motifs is 1. The lowest BCUT2D eigenvalue weighted by Crippen LogP contribution is -2.08. The maximum Gasteiger partial charge on any atom is 0.195 e. The van der Waals surface area contributed by atoms with Gasteiger partial charge in [0.25, 0.3) is 0 Å². The van der Waals surface area contributed by atoms with Crippen LogP contribution >= 0.6 is 0 Å². The van der Waals surface area contributed by atoms with E-state index in [0.717, 1.165) is 22.2 Å². The van der Waals surface area contributed by atoms with Crippen molar-refractivity contribution in [1.29, 1.82) is 0 Å². The third-order valence-corrected chi connectivity index (χ3v) is 3.95. The van der Waals surface area contributed by atoms with Gasteiger partial charge in [-0.05, 0) is 36.2 Å². The molecule has 0 spiro atoms. The molecule has 0 amide bonds. The number of aryl methyl sites for hydroxylation is 1. The number of hydrogen-bond donors (Lipinski definition) is 1. The lowest BCUT2D eigenvalue weighted by atomic mass is 9.96. The van der Waals surface area contributed by atoms with E-state index in [2.05, 4.69) is 18.8 Å². The molecule has 1 N–H and O–H groups in total. The molecule has 0 atom stereocenters. The Morgan fingerprint density at radius 3 is 2.50 bits per heavy atom. The lowest BCUT2D eigenvalue weighted by molar-refractivity contribution is 0.103. The molecule has 4 heteroatoms. The number of carbonyl (C=O) groups is 1. The standard InChI is InChI=1S/C18H18N2O2/c1-11(2)17-16(14-8-9-19-10-15(14)20(17)3)18(22)12-4-6-13(21)7-5-12/h4-11,21H,1-3H3. The van der Waals surface area contributed by atoms with E-state index in [1.165, 1.54) is 12.1 Å². The molecule has 2 aromatic heterocycles. The van der Waals surface area contributed by atoms with Crippen molar-refractivity contribution >= 4 is 16.7 Å². The van der Waals surface area contributed by atoms with Gasteiger partial charge in [-0.3, -0.25) is 9.78 Å². The van der Waals surface area contributed by atoms with E-state index in [0.29, 0.717) is 5.56 Å². The van der Waals surface area contributed by atoms with Gasteiger partial charge in [-0.15, -0.1) is 0 Å². The molecule has 2 heterocycles. The minimum atomic E-state index is -0.0273. The third-order valence-electron chi connectivity index (χ3n) is 3.95. The summed E-state index contributed by atoms with van der Waals surface area (Å²) in [5.41, 5.74) is 3.25. The van der Waals surface area contributed by atoms with Crippen molar-refractivity contribution in [3.05, 3.63) is 59.5 Å². The first-order chi connectivity index (χ1) is 10.5. The number of phenolic OH excluding ortho intramolecular Hbond substituents is 1. The van der Waals surface area contributed by atoms with Crippen molar-refractivity contribution in [3.8, 4) is 5.75 Å². The summed E-state index contributed by atoms with van der Waals surface area (Å²) in [4.78, 5) is 17.2. The summed E-state index contributed by atoms with van der Waals surface area (Å²) < 4.78 is 2.04. The second-order valence-corrected chi connectivity index (χ2v) is 5.74. The van der Waals surface area contributed by atoms with Gasteiger partial charge in [0.1, 0.15) is 5.75 Å². The normalized spacial score (nSPS) is 11.3. The zero-order valence-corrected chi connectivity index (χ0v) is 12.9. The van der Waals surface area contributed by atoms with Gasteiger partial charge in [0.15, 0.2) is 5.78 Å². The molecule has 22 heavy (non-hydrogen) atoms. The van der Waals surface area contributed by atoms with Crippen molar-refractivity contribution in [2.75, 3.05) is 0 Å². The molecule has 0 unspecified atom stereocenters. The van der Waals surface area contributed by atoms with Crippen LogP contribution in [0.15, 0.2) is 42.7 Å². The molecule has 0 radical (unpaired) electrons. The Balaban J connectivity index is 2.27. The fourth-order valence-electron chi connectivity index (χ4n) is 2.97. The van der Waals surface area contributed by atoms with E-state index in [1.54, 1.807) is 24.5 Å². The number of rotatable bonds is 3. The summed E-state index contributed by atoms with van der Waals surface area (Å²) >= 11 is 0. The van der Waals surface area contributed by atoms with Gasteiger partial charge >= 0.3 is 0 Å². The molecular weight excluding hydrogens is 276 g/mol. The van der Waals surface area contributed by atoms with Crippen LogP contribution in [-0.2, 0) is 7.05 Å². The van der Waals surface area contributed by atoms with Crippen molar-refractivity contribution in [1.82, 2.24) is 9.55 Å². The van der Waals surface area contributed by atoms with E-state index in [1.807, 2.05) is 17.7 Å². The van der Waals surface area contributed by atoms with Crippen LogP contribution < -0.4 is 0 Å². The first kappa shape index (κ1) is 14.3. The molecule has 1 aromatic carbocycles. The molecule has 0 bridgehead atoms. The Labute approximate surface area is 129 Å². The fourth-order valence-corrected chi connectivity index (χ4v) is 2.97. The summed E-state index contributed by atoms with van der Waals surface area (Å²) in [6, 6.07) is 8.27. The summed E-state index contributed by atoms with van der Waals surface area (Å²) in [7, 11) is 1.97. The SMILES string of the molecule is CC(C)c1c(C(=O)c2ccc(O)cc2)c2ccncc2n1C. The van der Waals surface area contributed by atoms with Crippen LogP contribution in [0, 0.1) is 0 Å². The molecule has 112 valence electrons. The van der Waals surface area contributed by atoms with Crippen LogP contribution in [0.2, 0.25) is 0 Å². The maximum absolute atomic E-state index is 13.0. The number of hydrogen-bond acceptors (Lipinski definition) is 3. The second kappa shape index (κ2) is 5.30. The number of nitrogens with zero attached hydrogens (tertiary/aromatic N) is 2. The van der Waals surface area contributed by atoms with Crippen molar-refractivity contribution in [3.63, 3.8) is 0 Å². The van der Waals surface area contributed by atoms with Crippen LogP contribution in [0.1, 0.15) is 41.4 Å². The summed E-state index contributed by atoms with van der Waals surface area (Å²) in [5.74, 6) is 0.344. The zero-order chi connectivity index (χ0) is 15.9. The summed E-state index contributed by atoms with van der Waals surface area (Å²) in [6.07, 6.45) is 3.49. The van der Waals surface area contributed by atoms with Crippen molar-refractivity contribution in [2.24, 2.45) is 7.05 Å². The molecule has 3 rings (SSSR count). The lowest BCUT2D eigenvalue weighted by Gasteiger charge is -2.11. The van der Waals surface area contributed by atoms with Gasteiger partial charge in [0.05, 0.1) is 17.3 Å². The molecule has 0 aliphatic heterocycles. The number of aromatic nitrogens is 2. The van der Waals surface area contributed by atoms with E-state index in [9.17, 15) is 9.90 Å². The average Bonchev–Trinajstić information content (AvgIpc) is 2.81. The van der Waals surface area contributed by atoms with Crippen LogP contribution in [-0.4, -0.2) is 20.4 Å². The number of aromatic hydroxyl groups is 1. The van der Waals surface area contributed by atoms with Gasteiger partial charge < -0.3 is 9.67 Å². The first-order valence-corrected chi connectivity index (χ1v) is 7.26. The monoisotopic (exact) mass is 294 g/mol. The van der Waals surface area contributed by atoms with E-state index < -0.39 is 0 Å². The Morgan fingerprint density at radius 1 is 1.18 bits per heavy atom. The van der Waals surface area contributed by atoms with E-state index >= 15 is 0 Å². The average molecular weight is 294 g/mol. The van der Waals surface area contributed by atoms with Crippen LogP contribution in [0.5, 0.6) is 5.75 Å². The molecule has 0 aliphatic rings. The fraction of sp³-hybridized carbons (Fsp3) is 0.222. The van der Waals surface area contributed by atoms with Crippen molar-refractivity contribution in [2.45, 2.75) is 19.8 Å². The Bertz CT molecular complexity index is 845. The molecule has 4 nitrogen and oxygen atoms in total. The summed E-state index contributed by atoms with van der Waals surface area (Å²) in [5, 5.41) is 10.3. The largest absolute Gasteiger partial charge is 0.508 e. The second-order valence-electron chi connectivity index (χ2n) is 5.74. The smallest absolute Gasteiger partial charge is 0.195 e. The summed E-state index contributed by atoms with van der Waals surface area (Å²) in [6.45, 7) is 4.16. The highest BCUT2D eigenvalue weighted by atomic mass is 16.3. The third kappa shape index (κ3) is 2.17. The van der Waals surface area contributed by atoms with Gasteiger partial charge in [-0.2, -0.15) is 0 Å². The van der Waals surface area contributed by atoms with E-state index in [-0.39, 0.29) is 17.5 Å². The maximum atomic E-state index is 13.0. The molecular formula is C18H18N2O2. The van der Waals surface area contributed by atoms with Crippen LogP contribution in [0.3, 0.4) is 0 Å². The predicted octanol–water partition coefficient (Wildman–Crippen LogP) is 3.63. The highest BCUT2D eigenvalue weighted by Crippen LogP contribution is 2.31. The number of ketones is 1. The minimum absolute atomic E-state index is 0.0273. The molecule has 3 aromatic rings. The van der Waals surface area contributed by atoms with Crippen LogP contribution in [0.25, 0.3) is 10.9 Å². The van der Waals surface area contributed by atoms with Gasteiger partial charge in [-0.1, -0.05) is 13.8 Å². The van der Waals surface area contributed by atoms with Gasteiger partial charge in [-0.25, -0.2) is 0 Å². The number of carbonyl (C=O) groups excluding carboxylic acids is 1. The zero-order valence-electron chi connectivity index (χ0n) is 12.9. The topological polar surface area (TPSA) is 55.1 Å². The van der Waals surface area contributed by atoms with Gasteiger partial charge in [0.2, 0.25) is 0 Å². The minimum Gasteiger partial charge on any atom is -0.508 e. The number of phenols is 1. The molecule has 0 aliphatic carbocycles. The highest BCUT2D eigenvalue weighted by molar-refractivity contribution is 6.17. The highest BCUT2D eigenvalue weighted by Gasteiger charge is 2.23. The van der Waals surface area contributed by atoms with E-state index in [4.69, 9.17) is 0 Å². The number of pyridine rings is 1. The quantitative estimate of drug-likeness (QED) is 0.750. The molecule has 0 saturated heterocycles. The Kier molecular flexibility index (Phi) is 3.45. The molecule has 0 saturated carbocycles. The first-order valence-electron chi connectivity index (χ1n) is 7.26. The Morgan fingerprint density at radius 2 is 1.86 bits per heavy atom. The van der Waals surface area contributed by atoms with Crippen LogP contribution in [0.4, 0.5) is 0 Å². The Hall–Kier alpha value is -2.62.